The molecule has 5 nitrogen and oxygen atoms in total. The zero-order valence-electron chi connectivity index (χ0n) is 10.9. The Labute approximate surface area is 107 Å². The van der Waals surface area contributed by atoms with E-state index in [0.29, 0.717) is 17.9 Å². The number of aromatic nitrogens is 2. The average Bonchev–Trinajstić information content (AvgIpc) is 2.37. The van der Waals surface area contributed by atoms with E-state index < -0.39 is 0 Å². The van der Waals surface area contributed by atoms with Crippen LogP contribution >= 0.6 is 0 Å². The van der Waals surface area contributed by atoms with Gasteiger partial charge in [-0.1, -0.05) is 0 Å². The fourth-order valence-corrected chi connectivity index (χ4v) is 2.76. The van der Waals surface area contributed by atoms with E-state index in [1.165, 1.54) is 24.8 Å². The molecule has 2 aliphatic rings. The van der Waals surface area contributed by atoms with Crippen LogP contribution in [0.25, 0.3) is 0 Å². The summed E-state index contributed by atoms with van der Waals surface area (Å²) in [5.41, 5.74) is 2.42. The lowest BCUT2D eigenvalue weighted by molar-refractivity contribution is 0.297. The van der Waals surface area contributed by atoms with Crippen LogP contribution in [0.1, 0.15) is 50.4 Å². The summed E-state index contributed by atoms with van der Waals surface area (Å²) >= 11 is 0. The molecule has 0 amide bonds. The first-order chi connectivity index (χ1) is 8.72. The van der Waals surface area contributed by atoms with Gasteiger partial charge in [-0.25, -0.2) is 0 Å². The second-order valence-corrected chi connectivity index (χ2v) is 5.46. The van der Waals surface area contributed by atoms with Crippen molar-refractivity contribution in [2.75, 3.05) is 0 Å². The Morgan fingerprint density at radius 2 is 2.22 bits per heavy atom. The van der Waals surface area contributed by atoms with Crippen molar-refractivity contribution in [2.24, 2.45) is 10.2 Å². The summed E-state index contributed by atoms with van der Waals surface area (Å²) in [4.78, 5) is 0. The van der Waals surface area contributed by atoms with Crippen LogP contribution in [0.2, 0.25) is 0 Å². The van der Waals surface area contributed by atoms with Crippen molar-refractivity contribution in [2.45, 2.75) is 57.7 Å². The zero-order valence-corrected chi connectivity index (χ0v) is 10.9. The highest BCUT2D eigenvalue weighted by molar-refractivity contribution is 5.36. The van der Waals surface area contributed by atoms with Crippen LogP contribution in [-0.4, -0.2) is 22.3 Å². The van der Waals surface area contributed by atoms with Crippen molar-refractivity contribution in [1.82, 2.24) is 15.5 Å². The molecular formula is C13H19N5. The van der Waals surface area contributed by atoms with E-state index in [-0.39, 0.29) is 6.04 Å². The fraction of sp³-hybridized carbons (Fsp3) is 0.692. The summed E-state index contributed by atoms with van der Waals surface area (Å²) in [5.74, 6) is 0.633. The highest BCUT2D eigenvalue weighted by Crippen LogP contribution is 2.34. The SMILES string of the molecule is CC(C)N=Nc1cc2c(nn1)CC1CCCC2N1. The third-order valence-corrected chi connectivity index (χ3v) is 3.58. The minimum atomic E-state index is 0.194. The Morgan fingerprint density at radius 3 is 3.06 bits per heavy atom. The van der Waals surface area contributed by atoms with Gasteiger partial charge in [0.25, 0.3) is 0 Å². The van der Waals surface area contributed by atoms with E-state index in [0.717, 1.165) is 12.1 Å². The number of azo groups is 1. The number of nitrogens with zero attached hydrogens (tertiary/aromatic N) is 4. The maximum Gasteiger partial charge on any atom is 0.196 e. The summed E-state index contributed by atoms with van der Waals surface area (Å²) in [6.07, 6.45) is 4.75. The molecule has 3 heterocycles. The predicted molar refractivity (Wildman–Crippen MR) is 68.9 cm³/mol. The van der Waals surface area contributed by atoms with Crippen LogP contribution in [0.5, 0.6) is 0 Å². The van der Waals surface area contributed by atoms with Gasteiger partial charge in [-0.05, 0) is 44.7 Å². The average molecular weight is 245 g/mol. The van der Waals surface area contributed by atoms with Crippen molar-refractivity contribution >= 4 is 5.82 Å². The second kappa shape index (κ2) is 4.72. The molecule has 5 heteroatoms. The van der Waals surface area contributed by atoms with E-state index in [9.17, 15) is 0 Å². The van der Waals surface area contributed by atoms with Gasteiger partial charge in [0.2, 0.25) is 0 Å². The molecule has 0 radical (unpaired) electrons. The third-order valence-electron chi connectivity index (χ3n) is 3.58. The molecule has 2 atom stereocenters. The molecule has 0 aliphatic carbocycles. The number of hydrogen-bond acceptors (Lipinski definition) is 5. The normalized spacial score (nSPS) is 26.6. The molecule has 2 aliphatic heterocycles. The first-order valence-electron chi connectivity index (χ1n) is 6.76. The molecule has 96 valence electrons. The Hall–Kier alpha value is -1.36. The van der Waals surface area contributed by atoms with Crippen LogP contribution in [0.4, 0.5) is 5.82 Å². The van der Waals surface area contributed by atoms with E-state index in [1.54, 1.807) is 0 Å². The molecule has 1 aromatic heterocycles. The Morgan fingerprint density at radius 1 is 1.33 bits per heavy atom. The van der Waals surface area contributed by atoms with E-state index in [1.807, 2.05) is 19.9 Å². The third kappa shape index (κ3) is 2.27. The smallest absolute Gasteiger partial charge is 0.196 e. The van der Waals surface area contributed by atoms with Crippen molar-refractivity contribution in [3.63, 3.8) is 0 Å². The Balaban J connectivity index is 1.90. The minimum Gasteiger partial charge on any atom is -0.307 e. The van der Waals surface area contributed by atoms with Crippen LogP contribution in [0.3, 0.4) is 0 Å². The highest BCUT2D eigenvalue weighted by Gasteiger charge is 2.30. The molecule has 1 N–H and O–H groups in total. The van der Waals surface area contributed by atoms with E-state index in [4.69, 9.17) is 0 Å². The van der Waals surface area contributed by atoms with Gasteiger partial charge in [0.1, 0.15) is 0 Å². The van der Waals surface area contributed by atoms with Crippen LogP contribution in [0.15, 0.2) is 16.3 Å². The summed E-state index contributed by atoms with van der Waals surface area (Å²) in [6, 6.07) is 3.28. The van der Waals surface area contributed by atoms with E-state index >= 15 is 0 Å². The predicted octanol–water partition coefficient (Wildman–Crippen LogP) is 2.71. The Kier molecular flexibility index (Phi) is 3.07. The lowest BCUT2D eigenvalue weighted by Crippen LogP contribution is -2.43. The monoisotopic (exact) mass is 245 g/mol. The van der Waals surface area contributed by atoms with Gasteiger partial charge < -0.3 is 5.32 Å². The number of rotatable bonds is 2. The van der Waals surface area contributed by atoms with Crippen molar-refractivity contribution in [3.05, 3.63) is 17.3 Å². The molecular weight excluding hydrogens is 226 g/mol. The molecule has 1 fully saturated rings. The van der Waals surface area contributed by atoms with Gasteiger partial charge >= 0.3 is 0 Å². The molecule has 2 bridgehead atoms. The lowest BCUT2D eigenvalue weighted by Gasteiger charge is -2.36. The van der Waals surface area contributed by atoms with Crippen molar-refractivity contribution in [3.8, 4) is 0 Å². The summed E-state index contributed by atoms with van der Waals surface area (Å²) in [5, 5.41) is 20.4. The largest absolute Gasteiger partial charge is 0.307 e. The van der Waals surface area contributed by atoms with Gasteiger partial charge in [-0.15, -0.1) is 10.2 Å². The van der Waals surface area contributed by atoms with Gasteiger partial charge in [0, 0.05) is 18.5 Å². The maximum atomic E-state index is 4.34. The summed E-state index contributed by atoms with van der Waals surface area (Å²) in [7, 11) is 0. The molecule has 18 heavy (non-hydrogen) atoms. The first kappa shape index (κ1) is 11.7. The maximum absolute atomic E-state index is 4.34. The highest BCUT2D eigenvalue weighted by atomic mass is 15.2. The van der Waals surface area contributed by atoms with Gasteiger partial charge in [-0.2, -0.15) is 10.2 Å². The second-order valence-electron chi connectivity index (χ2n) is 5.46. The lowest BCUT2D eigenvalue weighted by atomic mass is 9.85. The quantitative estimate of drug-likeness (QED) is 0.815. The molecule has 0 spiro atoms. The zero-order chi connectivity index (χ0) is 12.5. The fourth-order valence-electron chi connectivity index (χ4n) is 2.76. The van der Waals surface area contributed by atoms with Crippen LogP contribution < -0.4 is 5.32 Å². The number of piperidine rings is 1. The van der Waals surface area contributed by atoms with Crippen LogP contribution in [0, 0.1) is 0 Å². The molecule has 0 saturated carbocycles. The molecule has 0 aromatic carbocycles. The molecule has 2 unspecified atom stereocenters. The summed E-state index contributed by atoms with van der Waals surface area (Å²) in [6.45, 7) is 4.01. The number of fused-ring (bicyclic) bond motifs is 4. The van der Waals surface area contributed by atoms with Crippen molar-refractivity contribution in [1.29, 1.82) is 0 Å². The Bertz CT molecular complexity index is 468. The topological polar surface area (TPSA) is 62.5 Å². The molecule has 3 rings (SSSR count). The van der Waals surface area contributed by atoms with Gasteiger partial charge in [-0.3, -0.25) is 0 Å². The van der Waals surface area contributed by atoms with Crippen LogP contribution in [-0.2, 0) is 6.42 Å². The van der Waals surface area contributed by atoms with Gasteiger partial charge in [0.15, 0.2) is 5.82 Å². The van der Waals surface area contributed by atoms with Crippen molar-refractivity contribution < 1.29 is 0 Å². The molecule has 1 aromatic rings. The number of hydrogen-bond donors (Lipinski definition) is 1. The molecule has 1 saturated heterocycles. The summed E-state index contributed by atoms with van der Waals surface area (Å²) < 4.78 is 0. The standard InChI is InChI=1S/C13H19N5/c1-8(2)15-17-13-7-10-11-5-3-4-9(14-11)6-12(10)16-18-13/h7-9,11,14H,3-6H2,1-2H3. The number of nitrogens with one attached hydrogen (secondary N) is 1. The first-order valence-corrected chi connectivity index (χ1v) is 6.76. The minimum absolute atomic E-state index is 0.194. The van der Waals surface area contributed by atoms with E-state index in [2.05, 4.69) is 25.7 Å². The van der Waals surface area contributed by atoms with Gasteiger partial charge in [0.05, 0.1) is 11.7 Å².